The van der Waals surface area contributed by atoms with Gasteiger partial charge < -0.3 is 4.90 Å². The Morgan fingerprint density at radius 1 is 0.821 bits per heavy atom. The highest BCUT2D eigenvalue weighted by molar-refractivity contribution is 6.32. The summed E-state index contributed by atoms with van der Waals surface area (Å²) in [6.45, 7) is 4.11. The van der Waals surface area contributed by atoms with Gasteiger partial charge in [-0.1, -0.05) is 66.2 Å². The van der Waals surface area contributed by atoms with Crippen molar-refractivity contribution in [3.05, 3.63) is 96.8 Å². The van der Waals surface area contributed by atoms with Crippen LogP contribution < -0.4 is 15.8 Å². The zero-order valence-electron chi connectivity index (χ0n) is 15.5. The smallest absolute Gasteiger partial charge is 0.250 e. The maximum atomic E-state index is 12.2. The molecule has 1 heterocycles. The number of benzene rings is 2. The van der Waals surface area contributed by atoms with Gasteiger partial charge in [0.15, 0.2) is 0 Å². The topological polar surface area (TPSA) is 40.6 Å². The minimum absolute atomic E-state index is 0.379. The predicted molar refractivity (Wildman–Crippen MR) is 116 cm³/mol. The first-order chi connectivity index (χ1) is 13.6. The third-order valence-electron chi connectivity index (χ3n) is 5.19. The van der Waals surface area contributed by atoms with Crippen LogP contribution in [-0.2, 0) is 6.54 Å². The van der Waals surface area contributed by atoms with Crippen molar-refractivity contribution in [1.29, 1.82) is 0 Å². The van der Waals surface area contributed by atoms with E-state index >= 15 is 0 Å². The Morgan fingerprint density at radius 2 is 1.50 bits per heavy atom. The minimum Gasteiger partial charge on any atom is -0.365 e. The molecule has 142 valence electrons. The molecule has 1 fully saturated rings. The number of halogens is 1. The second-order valence-electron chi connectivity index (χ2n) is 7.02. The third-order valence-corrected chi connectivity index (χ3v) is 5.54. The average molecular weight is 393 g/mol. The zero-order chi connectivity index (χ0) is 19.5. The molecule has 4 nitrogen and oxygen atoms in total. The van der Waals surface area contributed by atoms with Gasteiger partial charge in [0.1, 0.15) is 5.69 Å². The molecule has 0 N–H and O–H groups in total. The summed E-state index contributed by atoms with van der Waals surface area (Å²) < 4.78 is 0. The number of rotatable bonds is 5. The summed E-state index contributed by atoms with van der Waals surface area (Å²) in [6.07, 6.45) is 3.52. The molecule has 0 radical (unpaired) electrons. The lowest BCUT2D eigenvalue weighted by Crippen LogP contribution is -2.51. The van der Waals surface area contributed by atoms with Gasteiger partial charge in [0.25, 0.3) is 0 Å². The molecule has 4 rings (SSSR count). The molecule has 1 aliphatic heterocycles. The molecule has 1 saturated heterocycles. The van der Waals surface area contributed by atoms with Gasteiger partial charge in [-0.15, -0.1) is 0 Å². The second-order valence-corrected chi connectivity index (χ2v) is 7.43. The van der Waals surface area contributed by atoms with E-state index in [0.29, 0.717) is 16.3 Å². The highest BCUT2D eigenvalue weighted by Crippen LogP contribution is 2.22. The summed E-state index contributed by atoms with van der Waals surface area (Å²) in [7, 11) is 0. The summed E-state index contributed by atoms with van der Waals surface area (Å²) in [6, 6.07) is 17.8. The van der Waals surface area contributed by atoms with Gasteiger partial charge in [0, 0.05) is 37.7 Å². The van der Waals surface area contributed by atoms with E-state index in [1.54, 1.807) is 18.2 Å². The van der Waals surface area contributed by atoms with E-state index < -0.39 is 5.43 Å². The van der Waals surface area contributed by atoms with Crippen LogP contribution in [0.1, 0.15) is 16.7 Å². The maximum absolute atomic E-state index is 12.2. The first-order valence-electron chi connectivity index (χ1n) is 9.40. The standard InChI is InChI=1S/C23H21ClN2O2/c24-20-9-5-4-8-18(20)10-11-19-21(23(28)22(19)27)26-14-12-25(13-15-26)16-17-6-2-1-3-7-17/h1-11H,12-16H2/b11-10+. The molecule has 0 bridgehead atoms. The van der Waals surface area contributed by atoms with Crippen molar-refractivity contribution in [3.63, 3.8) is 0 Å². The molecule has 28 heavy (non-hydrogen) atoms. The lowest BCUT2D eigenvalue weighted by molar-refractivity contribution is 0.249. The molecule has 0 atom stereocenters. The molecule has 0 aliphatic carbocycles. The van der Waals surface area contributed by atoms with Gasteiger partial charge in [-0.2, -0.15) is 0 Å². The van der Waals surface area contributed by atoms with Gasteiger partial charge >= 0.3 is 0 Å². The molecule has 0 amide bonds. The number of piperazine rings is 1. The Balaban J connectivity index is 1.45. The number of hydrogen-bond acceptors (Lipinski definition) is 4. The van der Waals surface area contributed by atoms with Crippen molar-refractivity contribution in [3.8, 4) is 0 Å². The van der Waals surface area contributed by atoms with Gasteiger partial charge in [-0.25, -0.2) is 0 Å². The summed E-state index contributed by atoms with van der Waals surface area (Å²) in [4.78, 5) is 28.7. The van der Waals surface area contributed by atoms with Gasteiger partial charge in [-0.05, 0) is 23.3 Å². The van der Waals surface area contributed by atoms with Gasteiger partial charge in [0.2, 0.25) is 10.9 Å². The molecule has 1 aliphatic rings. The molecule has 3 aromatic carbocycles. The van der Waals surface area contributed by atoms with Crippen molar-refractivity contribution in [2.24, 2.45) is 0 Å². The molecule has 3 aromatic rings. The Labute approximate surface area is 169 Å². The molecule has 0 saturated carbocycles. The number of hydrogen-bond donors (Lipinski definition) is 0. The van der Waals surface area contributed by atoms with Crippen LogP contribution >= 0.6 is 11.6 Å². The van der Waals surface area contributed by atoms with Crippen LogP contribution in [0.4, 0.5) is 5.69 Å². The largest absolute Gasteiger partial charge is 0.365 e. The number of anilines is 1. The minimum atomic E-state index is -0.412. The molecule has 0 aromatic heterocycles. The fraction of sp³-hybridized carbons (Fsp3) is 0.217. The highest BCUT2D eigenvalue weighted by atomic mass is 35.5. The third kappa shape index (κ3) is 3.79. The molecule has 0 spiro atoms. The molecular formula is C23H21ClN2O2. The van der Waals surface area contributed by atoms with E-state index in [1.165, 1.54) is 5.56 Å². The van der Waals surface area contributed by atoms with Crippen LogP contribution in [0.15, 0.2) is 64.2 Å². The first kappa shape index (κ1) is 18.7. The van der Waals surface area contributed by atoms with Crippen molar-refractivity contribution in [2.75, 3.05) is 31.1 Å². The Bertz CT molecular complexity index is 1060. The molecular weight excluding hydrogens is 372 g/mol. The monoisotopic (exact) mass is 392 g/mol. The van der Waals surface area contributed by atoms with Gasteiger partial charge in [-0.3, -0.25) is 14.5 Å². The van der Waals surface area contributed by atoms with E-state index in [2.05, 4.69) is 17.0 Å². The van der Waals surface area contributed by atoms with E-state index in [-0.39, 0.29) is 5.43 Å². The van der Waals surface area contributed by atoms with E-state index in [0.717, 1.165) is 38.3 Å². The summed E-state index contributed by atoms with van der Waals surface area (Å²) in [5.41, 5.74) is 2.36. The maximum Gasteiger partial charge on any atom is 0.250 e. The van der Waals surface area contributed by atoms with E-state index in [4.69, 9.17) is 11.6 Å². The van der Waals surface area contributed by atoms with Crippen molar-refractivity contribution in [2.45, 2.75) is 6.54 Å². The first-order valence-corrected chi connectivity index (χ1v) is 9.78. The quantitative estimate of drug-likeness (QED) is 0.624. The van der Waals surface area contributed by atoms with Gasteiger partial charge in [0.05, 0.1) is 5.56 Å². The van der Waals surface area contributed by atoms with Crippen LogP contribution in [0.3, 0.4) is 0 Å². The predicted octanol–water partition coefficient (Wildman–Crippen LogP) is 3.43. The zero-order valence-corrected chi connectivity index (χ0v) is 16.2. The van der Waals surface area contributed by atoms with Crippen LogP contribution in [0.25, 0.3) is 12.2 Å². The summed E-state index contributed by atoms with van der Waals surface area (Å²) >= 11 is 6.17. The normalized spacial score (nSPS) is 15.5. The van der Waals surface area contributed by atoms with E-state index in [9.17, 15) is 9.59 Å². The van der Waals surface area contributed by atoms with Crippen molar-refractivity contribution < 1.29 is 0 Å². The SMILES string of the molecule is O=c1c(/C=C/c2ccccc2Cl)c(N2CCN(Cc3ccccc3)CC2)c1=O. The van der Waals surface area contributed by atoms with Crippen molar-refractivity contribution in [1.82, 2.24) is 4.90 Å². The Kier molecular flexibility index (Phi) is 5.42. The Morgan fingerprint density at radius 3 is 2.21 bits per heavy atom. The number of nitrogens with zero attached hydrogens (tertiary/aromatic N) is 2. The lowest BCUT2D eigenvalue weighted by Gasteiger charge is -2.36. The van der Waals surface area contributed by atoms with Crippen LogP contribution in [0.2, 0.25) is 5.02 Å². The fourth-order valence-electron chi connectivity index (χ4n) is 3.62. The van der Waals surface area contributed by atoms with Crippen LogP contribution in [0, 0.1) is 0 Å². The molecule has 5 heteroatoms. The van der Waals surface area contributed by atoms with Crippen LogP contribution in [-0.4, -0.2) is 31.1 Å². The Hall–Kier alpha value is -2.69. The fourth-order valence-corrected chi connectivity index (χ4v) is 3.82. The second kappa shape index (κ2) is 8.13. The summed E-state index contributed by atoms with van der Waals surface area (Å²) in [5, 5.41) is 0.619. The van der Waals surface area contributed by atoms with Crippen molar-refractivity contribution >= 4 is 29.4 Å². The highest BCUT2D eigenvalue weighted by Gasteiger charge is 2.27. The lowest BCUT2D eigenvalue weighted by atomic mass is 10.0. The van der Waals surface area contributed by atoms with E-state index in [1.807, 2.05) is 41.3 Å². The molecule has 0 unspecified atom stereocenters. The van der Waals surface area contributed by atoms with Crippen LogP contribution in [0.5, 0.6) is 0 Å². The summed E-state index contributed by atoms with van der Waals surface area (Å²) in [5.74, 6) is 0. The average Bonchev–Trinajstić information content (AvgIpc) is 2.73.